The van der Waals surface area contributed by atoms with Crippen LogP contribution in [0.3, 0.4) is 0 Å². The van der Waals surface area contributed by atoms with Gasteiger partial charge < -0.3 is 14.4 Å². The molecule has 1 N–H and O–H groups in total. The molecule has 3 nitrogen and oxygen atoms in total. The van der Waals surface area contributed by atoms with Gasteiger partial charge in [0, 0.05) is 21.5 Å². The number of benzene rings is 1. The Morgan fingerprint density at radius 3 is 2.32 bits per heavy atom. The first-order chi connectivity index (χ1) is 8.99. The second kappa shape index (κ2) is 4.47. The van der Waals surface area contributed by atoms with E-state index in [0.717, 1.165) is 15.7 Å². The molecular formula is C15H16BrNO2. The molecule has 0 aliphatic carbocycles. The zero-order chi connectivity index (χ0) is 13.6. The summed E-state index contributed by atoms with van der Waals surface area (Å²) in [4.78, 5) is 0. The van der Waals surface area contributed by atoms with Crippen molar-refractivity contribution in [1.82, 2.24) is 4.57 Å². The molecule has 4 heteroatoms. The van der Waals surface area contributed by atoms with Crippen molar-refractivity contribution < 1.29 is 9.84 Å². The van der Waals surface area contributed by atoms with Gasteiger partial charge in [-0.25, -0.2) is 0 Å². The van der Waals surface area contributed by atoms with E-state index in [2.05, 4.69) is 52.5 Å². The Bertz CT molecular complexity index is 610. The fraction of sp³-hybridized carbons (Fsp3) is 0.333. The molecule has 0 unspecified atom stereocenters. The van der Waals surface area contributed by atoms with E-state index in [-0.39, 0.29) is 0 Å². The summed E-state index contributed by atoms with van der Waals surface area (Å²) in [6.07, 6.45) is 0. The van der Waals surface area contributed by atoms with Gasteiger partial charge in [-0.3, -0.25) is 0 Å². The summed E-state index contributed by atoms with van der Waals surface area (Å²) >= 11 is 3.53. The van der Waals surface area contributed by atoms with Crippen molar-refractivity contribution in [2.75, 3.05) is 13.2 Å². The number of hydrogen-bond acceptors (Lipinski definition) is 2. The lowest BCUT2D eigenvalue weighted by Crippen LogP contribution is -2.46. The lowest BCUT2D eigenvalue weighted by atomic mass is 9.92. The summed E-state index contributed by atoms with van der Waals surface area (Å²) in [5, 5.41) is 10.4. The Balaban J connectivity index is 2.13. The molecule has 2 heterocycles. The number of aliphatic hydroxyl groups is 1. The molecule has 3 rings (SSSR count). The van der Waals surface area contributed by atoms with E-state index in [4.69, 9.17) is 4.74 Å². The van der Waals surface area contributed by atoms with Crippen molar-refractivity contribution in [2.45, 2.75) is 19.4 Å². The monoisotopic (exact) mass is 321 g/mol. The minimum Gasteiger partial charge on any atom is -0.380 e. The van der Waals surface area contributed by atoms with Crippen LogP contribution in [0.15, 0.2) is 34.8 Å². The van der Waals surface area contributed by atoms with Crippen molar-refractivity contribution >= 4 is 15.9 Å². The highest BCUT2D eigenvalue weighted by Gasteiger charge is 2.38. The maximum Gasteiger partial charge on any atom is 0.136 e. The van der Waals surface area contributed by atoms with Gasteiger partial charge in [-0.05, 0) is 49.7 Å². The largest absolute Gasteiger partial charge is 0.380 e. The third-order valence-electron chi connectivity index (χ3n) is 3.63. The first-order valence-electron chi connectivity index (χ1n) is 6.26. The normalized spacial score (nSPS) is 17.3. The number of hydrogen-bond donors (Lipinski definition) is 1. The topological polar surface area (TPSA) is 34.4 Å². The fourth-order valence-electron chi connectivity index (χ4n) is 2.51. The average molecular weight is 322 g/mol. The Labute approximate surface area is 121 Å². The summed E-state index contributed by atoms with van der Waals surface area (Å²) < 4.78 is 8.28. The first kappa shape index (κ1) is 12.9. The smallest absolute Gasteiger partial charge is 0.136 e. The van der Waals surface area contributed by atoms with Crippen molar-refractivity contribution in [3.05, 3.63) is 51.8 Å². The van der Waals surface area contributed by atoms with E-state index < -0.39 is 5.60 Å². The van der Waals surface area contributed by atoms with Crippen LogP contribution >= 0.6 is 15.9 Å². The average Bonchev–Trinajstić information content (AvgIpc) is 2.65. The molecule has 0 radical (unpaired) electrons. The number of rotatable bonds is 2. The molecule has 1 fully saturated rings. The number of ether oxygens (including phenoxy) is 1. The van der Waals surface area contributed by atoms with Gasteiger partial charge in [0.2, 0.25) is 0 Å². The molecule has 2 aromatic rings. The third-order valence-corrected chi connectivity index (χ3v) is 4.09. The molecule has 100 valence electrons. The van der Waals surface area contributed by atoms with E-state index in [0.29, 0.717) is 13.2 Å². The quantitative estimate of drug-likeness (QED) is 0.922. The molecule has 19 heavy (non-hydrogen) atoms. The van der Waals surface area contributed by atoms with Crippen LogP contribution in [-0.2, 0) is 10.3 Å². The number of aryl methyl sites for hydroxylation is 2. The van der Waals surface area contributed by atoms with E-state index in [1.54, 1.807) is 0 Å². The lowest BCUT2D eigenvalue weighted by molar-refractivity contribution is -0.184. The summed E-state index contributed by atoms with van der Waals surface area (Å²) in [7, 11) is 0. The molecule has 0 amide bonds. The van der Waals surface area contributed by atoms with E-state index >= 15 is 0 Å². The maximum atomic E-state index is 10.4. The predicted molar refractivity (Wildman–Crippen MR) is 77.7 cm³/mol. The van der Waals surface area contributed by atoms with E-state index in [1.165, 1.54) is 11.4 Å². The van der Waals surface area contributed by atoms with Gasteiger partial charge >= 0.3 is 0 Å². The van der Waals surface area contributed by atoms with Crippen molar-refractivity contribution in [3.63, 3.8) is 0 Å². The summed E-state index contributed by atoms with van der Waals surface area (Å²) in [5.41, 5.74) is 3.48. The minimum atomic E-state index is -0.840. The Kier molecular flexibility index (Phi) is 3.04. The molecule has 0 spiro atoms. The molecule has 1 aromatic heterocycles. The third kappa shape index (κ3) is 2.14. The SMILES string of the molecule is Cc1ccc(C)n1-c1cc(Br)cc(C2(O)COC2)c1. The van der Waals surface area contributed by atoms with Gasteiger partial charge in [0.15, 0.2) is 0 Å². The molecule has 0 saturated carbocycles. The van der Waals surface area contributed by atoms with E-state index in [9.17, 15) is 5.11 Å². The Hall–Kier alpha value is -1.10. The van der Waals surface area contributed by atoms with Crippen LogP contribution in [0.4, 0.5) is 0 Å². The number of nitrogens with zero attached hydrogens (tertiary/aromatic N) is 1. The zero-order valence-electron chi connectivity index (χ0n) is 11.0. The van der Waals surface area contributed by atoms with Crippen LogP contribution in [-0.4, -0.2) is 22.9 Å². The van der Waals surface area contributed by atoms with Crippen molar-refractivity contribution in [1.29, 1.82) is 0 Å². The highest BCUT2D eigenvalue weighted by atomic mass is 79.9. The van der Waals surface area contributed by atoms with Crippen LogP contribution in [0.2, 0.25) is 0 Å². The highest BCUT2D eigenvalue weighted by Crippen LogP contribution is 2.33. The van der Waals surface area contributed by atoms with Gasteiger partial charge in [0.1, 0.15) is 5.60 Å². The zero-order valence-corrected chi connectivity index (χ0v) is 12.6. The lowest BCUT2D eigenvalue weighted by Gasteiger charge is -2.37. The van der Waals surface area contributed by atoms with Crippen LogP contribution in [0.25, 0.3) is 5.69 Å². The van der Waals surface area contributed by atoms with Crippen molar-refractivity contribution in [3.8, 4) is 5.69 Å². The van der Waals surface area contributed by atoms with Gasteiger partial charge in [0.25, 0.3) is 0 Å². The van der Waals surface area contributed by atoms with Crippen LogP contribution in [0.5, 0.6) is 0 Å². The molecule has 0 bridgehead atoms. The molecule has 1 aliphatic heterocycles. The molecule has 1 aromatic carbocycles. The minimum absolute atomic E-state index is 0.368. The van der Waals surface area contributed by atoms with Crippen LogP contribution in [0.1, 0.15) is 17.0 Å². The van der Waals surface area contributed by atoms with Gasteiger partial charge in [-0.1, -0.05) is 15.9 Å². The second-order valence-corrected chi connectivity index (χ2v) is 6.09. The number of halogens is 1. The standard InChI is InChI=1S/C15H16BrNO2/c1-10-3-4-11(2)17(10)14-6-12(5-13(16)7-14)15(18)8-19-9-15/h3-7,18H,8-9H2,1-2H3. The highest BCUT2D eigenvalue weighted by molar-refractivity contribution is 9.10. The van der Waals surface area contributed by atoms with Gasteiger partial charge in [0.05, 0.1) is 13.2 Å². The number of aromatic nitrogens is 1. The maximum absolute atomic E-state index is 10.4. The predicted octanol–water partition coefficient (Wildman–Crippen LogP) is 3.07. The van der Waals surface area contributed by atoms with Gasteiger partial charge in [-0.15, -0.1) is 0 Å². The first-order valence-corrected chi connectivity index (χ1v) is 7.05. The molecule has 1 saturated heterocycles. The Morgan fingerprint density at radius 2 is 1.79 bits per heavy atom. The molecule has 1 aliphatic rings. The van der Waals surface area contributed by atoms with Crippen molar-refractivity contribution in [2.24, 2.45) is 0 Å². The molecule has 0 atom stereocenters. The summed E-state index contributed by atoms with van der Waals surface area (Å²) in [6.45, 7) is 4.89. The van der Waals surface area contributed by atoms with E-state index in [1.807, 2.05) is 12.1 Å². The fourth-order valence-corrected chi connectivity index (χ4v) is 2.99. The summed E-state index contributed by atoms with van der Waals surface area (Å²) in [6, 6.07) is 10.2. The van der Waals surface area contributed by atoms with Gasteiger partial charge in [-0.2, -0.15) is 0 Å². The molecular weight excluding hydrogens is 306 g/mol. The van der Waals surface area contributed by atoms with Crippen LogP contribution in [0, 0.1) is 13.8 Å². The van der Waals surface area contributed by atoms with Crippen LogP contribution < -0.4 is 0 Å². The second-order valence-electron chi connectivity index (χ2n) is 5.17. The Morgan fingerprint density at radius 1 is 1.16 bits per heavy atom. The summed E-state index contributed by atoms with van der Waals surface area (Å²) in [5.74, 6) is 0.